The molecule has 134 valence electrons. The van der Waals surface area contributed by atoms with E-state index in [4.69, 9.17) is 0 Å². The normalized spacial score (nSPS) is 16.6. The minimum Gasteiger partial charge on any atom is -0.336 e. The second-order valence-corrected chi connectivity index (χ2v) is 8.43. The van der Waals surface area contributed by atoms with Gasteiger partial charge in [-0.15, -0.1) is 0 Å². The number of nitrogens with zero attached hydrogens (tertiary/aromatic N) is 2. The van der Waals surface area contributed by atoms with Crippen molar-refractivity contribution in [2.45, 2.75) is 25.2 Å². The van der Waals surface area contributed by atoms with Crippen LogP contribution >= 0.6 is 0 Å². The molecule has 0 atom stereocenters. The van der Waals surface area contributed by atoms with E-state index in [1.54, 1.807) is 12.1 Å². The fraction of sp³-hybridized carbons (Fsp3) is 0.588. The van der Waals surface area contributed by atoms with Crippen molar-refractivity contribution in [3.8, 4) is 0 Å². The van der Waals surface area contributed by atoms with E-state index >= 15 is 0 Å². The average Bonchev–Trinajstić information content (AvgIpc) is 2.60. The first-order chi connectivity index (χ1) is 11.3. The average molecular weight is 353 g/mol. The first-order valence-corrected chi connectivity index (χ1v) is 9.87. The third-order valence-corrected chi connectivity index (χ3v) is 5.79. The van der Waals surface area contributed by atoms with Gasteiger partial charge in [-0.05, 0) is 50.2 Å². The maximum absolute atomic E-state index is 12.5. The lowest BCUT2D eigenvalue weighted by Crippen LogP contribution is -2.49. The Labute approximate surface area is 144 Å². The molecule has 1 fully saturated rings. The van der Waals surface area contributed by atoms with Crippen LogP contribution in [-0.4, -0.2) is 63.9 Å². The molecule has 1 aromatic rings. The van der Waals surface area contributed by atoms with E-state index in [0.29, 0.717) is 24.6 Å². The molecule has 1 aromatic carbocycles. The SMILES string of the molecule is CNS(=O)(=O)c1ccc(C(=O)N2CCN(CCC(C)C)CC2)cc1. The summed E-state index contributed by atoms with van der Waals surface area (Å²) in [5, 5.41) is 0. The van der Waals surface area contributed by atoms with Crippen LogP contribution in [0.3, 0.4) is 0 Å². The summed E-state index contributed by atoms with van der Waals surface area (Å²) in [5.41, 5.74) is 0.528. The molecular weight excluding hydrogens is 326 g/mol. The molecule has 0 aliphatic carbocycles. The number of hydrogen-bond acceptors (Lipinski definition) is 4. The highest BCUT2D eigenvalue weighted by atomic mass is 32.2. The van der Waals surface area contributed by atoms with Crippen molar-refractivity contribution in [2.24, 2.45) is 5.92 Å². The summed E-state index contributed by atoms with van der Waals surface area (Å²) in [4.78, 5) is 16.9. The zero-order valence-electron chi connectivity index (χ0n) is 14.7. The first kappa shape index (κ1) is 18.9. The van der Waals surface area contributed by atoms with Crippen molar-refractivity contribution in [1.82, 2.24) is 14.5 Å². The molecule has 7 heteroatoms. The van der Waals surface area contributed by atoms with E-state index in [1.807, 2.05) is 4.90 Å². The minimum absolute atomic E-state index is 0.0353. The van der Waals surface area contributed by atoms with Crippen LogP contribution in [0.2, 0.25) is 0 Å². The minimum atomic E-state index is -3.47. The molecule has 6 nitrogen and oxygen atoms in total. The number of amides is 1. The number of carbonyl (C=O) groups excluding carboxylic acids is 1. The molecule has 1 heterocycles. The van der Waals surface area contributed by atoms with Gasteiger partial charge in [0, 0.05) is 31.7 Å². The molecule has 1 aliphatic rings. The number of benzene rings is 1. The topological polar surface area (TPSA) is 69.7 Å². The molecule has 0 bridgehead atoms. The van der Waals surface area contributed by atoms with Crippen molar-refractivity contribution in [3.63, 3.8) is 0 Å². The Morgan fingerprint density at radius 2 is 1.71 bits per heavy atom. The number of piperazine rings is 1. The number of carbonyl (C=O) groups is 1. The largest absolute Gasteiger partial charge is 0.336 e. The highest BCUT2D eigenvalue weighted by molar-refractivity contribution is 7.89. The third-order valence-electron chi connectivity index (χ3n) is 4.36. The van der Waals surface area contributed by atoms with Crippen molar-refractivity contribution < 1.29 is 13.2 Å². The summed E-state index contributed by atoms with van der Waals surface area (Å²) in [6.45, 7) is 8.74. The summed E-state index contributed by atoms with van der Waals surface area (Å²) >= 11 is 0. The Morgan fingerprint density at radius 3 is 2.21 bits per heavy atom. The van der Waals surface area contributed by atoms with E-state index in [-0.39, 0.29) is 10.8 Å². The van der Waals surface area contributed by atoms with Crippen LogP contribution in [0.4, 0.5) is 0 Å². The van der Waals surface area contributed by atoms with Crippen LogP contribution in [-0.2, 0) is 10.0 Å². The Morgan fingerprint density at radius 1 is 1.12 bits per heavy atom. The van der Waals surface area contributed by atoms with Crippen LogP contribution in [0.15, 0.2) is 29.2 Å². The zero-order valence-corrected chi connectivity index (χ0v) is 15.5. The Bertz CT molecular complexity index is 648. The summed E-state index contributed by atoms with van der Waals surface area (Å²) < 4.78 is 25.7. The fourth-order valence-corrected chi connectivity index (χ4v) is 3.42. The molecule has 24 heavy (non-hydrogen) atoms. The van der Waals surface area contributed by atoms with Crippen molar-refractivity contribution in [3.05, 3.63) is 29.8 Å². The Kier molecular flexibility index (Phi) is 6.37. The molecule has 0 aromatic heterocycles. The summed E-state index contributed by atoms with van der Waals surface area (Å²) in [5.74, 6) is 0.656. The van der Waals surface area contributed by atoms with Crippen molar-refractivity contribution >= 4 is 15.9 Å². The lowest BCUT2D eigenvalue weighted by atomic mass is 10.1. The fourth-order valence-electron chi connectivity index (χ4n) is 2.69. The van der Waals surface area contributed by atoms with E-state index < -0.39 is 10.0 Å². The van der Waals surface area contributed by atoms with Gasteiger partial charge in [0.1, 0.15) is 0 Å². The molecule has 0 unspecified atom stereocenters. The number of sulfonamides is 1. The van der Waals surface area contributed by atoms with Gasteiger partial charge in [0.15, 0.2) is 0 Å². The molecule has 0 spiro atoms. The van der Waals surface area contributed by atoms with Crippen LogP contribution in [0, 0.1) is 5.92 Å². The van der Waals surface area contributed by atoms with Crippen LogP contribution < -0.4 is 4.72 Å². The first-order valence-electron chi connectivity index (χ1n) is 8.38. The van der Waals surface area contributed by atoms with Gasteiger partial charge < -0.3 is 4.90 Å². The van der Waals surface area contributed by atoms with Crippen LogP contribution in [0.25, 0.3) is 0 Å². The van der Waals surface area contributed by atoms with Gasteiger partial charge in [-0.2, -0.15) is 0 Å². The highest BCUT2D eigenvalue weighted by Gasteiger charge is 2.22. The highest BCUT2D eigenvalue weighted by Crippen LogP contribution is 2.14. The lowest BCUT2D eigenvalue weighted by molar-refractivity contribution is 0.0631. The Balaban J connectivity index is 1.93. The van der Waals surface area contributed by atoms with Crippen LogP contribution in [0.5, 0.6) is 0 Å². The van der Waals surface area contributed by atoms with Crippen molar-refractivity contribution in [2.75, 3.05) is 39.8 Å². The van der Waals surface area contributed by atoms with Gasteiger partial charge >= 0.3 is 0 Å². The molecule has 0 saturated carbocycles. The molecule has 1 N–H and O–H groups in total. The summed E-state index contributed by atoms with van der Waals surface area (Å²) in [7, 11) is -2.10. The number of rotatable bonds is 6. The monoisotopic (exact) mass is 353 g/mol. The molecule has 2 rings (SSSR count). The predicted octanol–water partition coefficient (Wildman–Crippen LogP) is 1.40. The van der Waals surface area contributed by atoms with E-state index in [2.05, 4.69) is 23.5 Å². The van der Waals surface area contributed by atoms with Gasteiger partial charge in [0.05, 0.1) is 4.90 Å². The van der Waals surface area contributed by atoms with E-state index in [1.165, 1.54) is 25.6 Å². The Hall–Kier alpha value is -1.44. The smallest absolute Gasteiger partial charge is 0.253 e. The summed E-state index contributed by atoms with van der Waals surface area (Å²) in [6, 6.07) is 6.10. The van der Waals surface area contributed by atoms with Gasteiger partial charge in [0.2, 0.25) is 10.0 Å². The zero-order chi connectivity index (χ0) is 17.7. The van der Waals surface area contributed by atoms with Gasteiger partial charge in [0.25, 0.3) is 5.91 Å². The molecule has 1 amide bonds. The molecular formula is C17H27N3O3S. The van der Waals surface area contributed by atoms with Gasteiger partial charge in [-0.3, -0.25) is 9.69 Å². The van der Waals surface area contributed by atoms with E-state index in [9.17, 15) is 13.2 Å². The lowest BCUT2D eigenvalue weighted by Gasteiger charge is -2.35. The molecule has 1 aliphatic heterocycles. The number of hydrogen-bond donors (Lipinski definition) is 1. The maximum atomic E-state index is 12.5. The second-order valence-electron chi connectivity index (χ2n) is 6.55. The van der Waals surface area contributed by atoms with Crippen LogP contribution in [0.1, 0.15) is 30.6 Å². The third kappa shape index (κ3) is 4.78. The molecule has 1 saturated heterocycles. The quantitative estimate of drug-likeness (QED) is 0.839. The maximum Gasteiger partial charge on any atom is 0.253 e. The summed E-state index contributed by atoms with van der Waals surface area (Å²) in [6.07, 6.45) is 1.18. The van der Waals surface area contributed by atoms with Gasteiger partial charge in [-0.25, -0.2) is 13.1 Å². The van der Waals surface area contributed by atoms with Gasteiger partial charge in [-0.1, -0.05) is 13.8 Å². The second kappa shape index (κ2) is 8.09. The standard InChI is InChI=1S/C17H27N3O3S/c1-14(2)8-9-19-10-12-20(13-11-19)17(21)15-4-6-16(7-5-15)24(22,23)18-3/h4-7,14,18H,8-13H2,1-3H3. The van der Waals surface area contributed by atoms with E-state index in [0.717, 1.165) is 19.6 Å². The number of nitrogens with one attached hydrogen (secondary N) is 1. The predicted molar refractivity (Wildman–Crippen MR) is 94.5 cm³/mol. The van der Waals surface area contributed by atoms with Crippen molar-refractivity contribution in [1.29, 1.82) is 0 Å². The molecule has 0 radical (unpaired) electrons.